The number of rotatable bonds is 2. The summed E-state index contributed by atoms with van der Waals surface area (Å²) in [6.45, 7) is 4.07. The summed E-state index contributed by atoms with van der Waals surface area (Å²) in [5.74, 6) is 0. The van der Waals surface area contributed by atoms with Gasteiger partial charge in [-0.15, -0.1) is 0 Å². The lowest BCUT2D eigenvalue weighted by Gasteiger charge is -2.39. The maximum absolute atomic E-state index is 9.38. The van der Waals surface area contributed by atoms with Crippen LogP contribution in [-0.2, 0) is 9.47 Å². The van der Waals surface area contributed by atoms with Crippen LogP contribution in [0.4, 0.5) is 0 Å². The zero-order valence-electron chi connectivity index (χ0n) is 8.04. The fraction of sp³-hybridized carbons (Fsp3) is 1.00. The van der Waals surface area contributed by atoms with Crippen molar-refractivity contribution in [3.63, 3.8) is 0 Å². The number of aliphatic hydroxyl groups excluding tert-OH is 1. The van der Waals surface area contributed by atoms with E-state index in [1.807, 2.05) is 6.92 Å². The standard InChI is InChI=1S/C9H18O3/c1-4-7-5-9(2,11-3)6-8(10)12-7/h7-8,10H,4-6H2,1-3H3/t7?,8-,9+/m1/s1. The molecule has 1 unspecified atom stereocenters. The van der Waals surface area contributed by atoms with Crippen molar-refractivity contribution in [3.8, 4) is 0 Å². The third-order valence-corrected chi connectivity index (χ3v) is 2.56. The summed E-state index contributed by atoms with van der Waals surface area (Å²) in [7, 11) is 1.69. The van der Waals surface area contributed by atoms with E-state index in [-0.39, 0.29) is 11.7 Å². The number of aliphatic hydroxyl groups is 1. The number of hydrogen-bond donors (Lipinski definition) is 1. The van der Waals surface area contributed by atoms with Crippen molar-refractivity contribution < 1.29 is 14.6 Å². The molecule has 0 saturated carbocycles. The lowest BCUT2D eigenvalue weighted by atomic mass is 9.90. The minimum absolute atomic E-state index is 0.138. The van der Waals surface area contributed by atoms with Crippen molar-refractivity contribution in [2.75, 3.05) is 7.11 Å². The molecule has 0 aromatic heterocycles. The Bertz CT molecular complexity index is 149. The molecule has 1 fully saturated rings. The highest BCUT2D eigenvalue weighted by atomic mass is 16.6. The molecule has 0 bridgehead atoms. The molecule has 0 amide bonds. The molecule has 0 aliphatic carbocycles. The van der Waals surface area contributed by atoms with Crippen molar-refractivity contribution in [1.29, 1.82) is 0 Å². The molecule has 0 aromatic carbocycles. The number of hydrogen-bond acceptors (Lipinski definition) is 3. The summed E-state index contributed by atoms with van der Waals surface area (Å²) in [6.07, 6.45) is 1.85. The molecule has 12 heavy (non-hydrogen) atoms. The van der Waals surface area contributed by atoms with Crippen molar-refractivity contribution >= 4 is 0 Å². The maximum Gasteiger partial charge on any atom is 0.157 e. The van der Waals surface area contributed by atoms with Crippen LogP contribution in [0.15, 0.2) is 0 Å². The van der Waals surface area contributed by atoms with E-state index in [1.165, 1.54) is 0 Å². The molecule has 1 rings (SSSR count). The van der Waals surface area contributed by atoms with Gasteiger partial charge in [0, 0.05) is 20.0 Å². The second-order valence-electron chi connectivity index (χ2n) is 3.68. The third-order valence-electron chi connectivity index (χ3n) is 2.56. The van der Waals surface area contributed by atoms with Crippen LogP contribution in [0, 0.1) is 0 Å². The minimum Gasteiger partial charge on any atom is -0.378 e. The van der Waals surface area contributed by atoms with Crippen LogP contribution in [0.1, 0.15) is 33.1 Å². The Balaban J connectivity index is 2.56. The Labute approximate surface area is 73.7 Å². The number of methoxy groups -OCH3 is 1. The molecule has 1 aliphatic rings. The van der Waals surface area contributed by atoms with Gasteiger partial charge in [0.1, 0.15) is 0 Å². The normalized spacial score (nSPS) is 43.0. The van der Waals surface area contributed by atoms with Crippen LogP contribution >= 0.6 is 0 Å². The average Bonchev–Trinajstić information content (AvgIpc) is 2.03. The van der Waals surface area contributed by atoms with Crippen molar-refractivity contribution in [3.05, 3.63) is 0 Å². The zero-order valence-corrected chi connectivity index (χ0v) is 8.04. The topological polar surface area (TPSA) is 38.7 Å². The first-order valence-electron chi connectivity index (χ1n) is 4.48. The first-order valence-corrected chi connectivity index (χ1v) is 4.48. The van der Waals surface area contributed by atoms with Gasteiger partial charge in [0.2, 0.25) is 0 Å². The molecule has 1 aliphatic heterocycles. The highest BCUT2D eigenvalue weighted by molar-refractivity contribution is 4.84. The summed E-state index contributed by atoms with van der Waals surface area (Å²) in [6, 6.07) is 0. The summed E-state index contributed by atoms with van der Waals surface area (Å²) in [4.78, 5) is 0. The molecule has 72 valence electrons. The van der Waals surface area contributed by atoms with E-state index < -0.39 is 6.29 Å². The molecule has 1 N–H and O–H groups in total. The predicted molar refractivity (Wildman–Crippen MR) is 45.8 cm³/mol. The second kappa shape index (κ2) is 3.73. The van der Waals surface area contributed by atoms with Gasteiger partial charge in [0.05, 0.1) is 11.7 Å². The van der Waals surface area contributed by atoms with Crippen LogP contribution in [0.5, 0.6) is 0 Å². The van der Waals surface area contributed by atoms with E-state index >= 15 is 0 Å². The van der Waals surface area contributed by atoms with Gasteiger partial charge in [0.15, 0.2) is 6.29 Å². The fourth-order valence-electron chi connectivity index (χ4n) is 1.66. The molecular formula is C9H18O3. The van der Waals surface area contributed by atoms with E-state index in [4.69, 9.17) is 9.47 Å². The largest absolute Gasteiger partial charge is 0.378 e. The molecule has 0 radical (unpaired) electrons. The Kier molecular flexibility index (Phi) is 3.09. The summed E-state index contributed by atoms with van der Waals surface area (Å²) in [5, 5.41) is 9.38. The van der Waals surface area contributed by atoms with Crippen molar-refractivity contribution in [2.45, 2.75) is 51.1 Å². The molecule has 1 saturated heterocycles. The molecule has 3 atom stereocenters. The SMILES string of the molecule is CCC1C[C@](C)(OC)C[C@H](O)O1. The monoisotopic (exact) mass is 174 g/mol. The highest BCUT2D eigenvalue weighted by Crippen LogP contribution is 2.31. The molecule has 3 nitrogen and oxygen atoms in total. The third kappa shape index (κ3) is 2.19. The molecule has 3 heteroatoms. The summed E-state index contributed by atoms with van der Waals surface area (Å²) >= 11 is 0. The summed E-state index contributed by atoms with van der Waals surface area (Å²) in [5.41, 5.74) is -0.210. The van der Waals surface area contributed by atoms with Crippen molar-refractivity contribution in [2.24, 2.45) is 0 Å². The fourth-order valence-corrected chi connectivity index (χ4v) is 1.66. The predicted octanol–water partition coefficient (Wildman–Crippen LogP) is 1.30. The van der Waals surface area contributed by atoms with Gasteiger partial charge >= 0.3 is 0 Å². The molecule has 0 spiro atoms. The Hall–Kier alpha value is -0.120. The lowest BCUT2D eigenvalue weighted by Crippen LogP contribution is -2.44. The molecule has 0 aromatic rings. The van der Waals surface area contributed by atoms with Gasteiger partial charge < -0.3 is 14.6 Å². The molecular weight excluding hydrogens is 156 g/mol. The van der Waals surface area contributed by atoms with Crippen LogP contribution < -0.4 is 0 Å². The van der Waals surface area contributed by atoms with E-state index in [2.05, 4.69) is 6.92 Å². The van der Waals surface area contributed by atoms with Crippen LogP contribution in [0.25, 0.3) is 0 Å². The van der Waals surface area contributed by atoms with Gasteiger partial charge in [-0.3, -0.25) is 0 Å². The van der Waals surface area contributed by atoms with Gasteiger partial charge in [-0.2, -0.15) is 0 Å². The lowest BCUT2D eigenvalue weighted by molar-refractivity contribution is -0.220. The second-order valence-corrected chi connectivity index (χ2v) is 3.68. The number of ether oxygens (including phenoxy) is 2. The van der Waals surface area contributed by atoms with Crippen molar-refractivity contribution in [1.82, 2.24) is 0 Å². The van der Waals surface area contributed by atoms with Gasteiger partial charge in [-0.25, -0.2) is 0 Å². The van der Waals surface area contributed by atoms with E-state index in [0.717, 1.165) is 12.8 Å². The van der Waals surface area contributed by atoms with Gasteiger partial charge in [-0.1, -0.05) is 6.92 Å². The molecule has 1 heterocycles. The van der Waals surface area contributed by atoms with E-state index in [0.29, 0.717) is 6.42 Å². The first kappa shape index (κ1) is 9.96. The zero-order chi connectivity index (χ0) is 9.19. The smallest absolute Gasteiger partial charge is 0.157 e. The minimum atomic E-state index is -0.659. The van der Waals surface area contributed by atoms with Crippen LogP contribution in [-0.4, -0.2) is 30.2 Å². The van der Waals surface area contributed by atoms with Gasteiger partial charge in [0.25, 0.3) is 0 Å². The van der Waals surface area contributed by atoms with E-state index in [9.17, 15) is 5.11 Å². The Morgan fingerprint density at radius 3 is 2.75 bits per heavy atom. The Morgan fingerprint density at radius 2 is 2.25 bits per heavy atom. The Morgan fingerprint density at radius 1 is 1.58 bits per heavy atom. The highest BCUT2D eigenvalue weighted by Gasteiger charge is 2.36. The first-order chi connectivity index (χ1) is 5.59. The van der Waals surface area contributed by atoms with Crippen LogP contribution in [0.3, 0.4) is 0 Å². The van der Waals surface area contributed by atoms with Crippen LogP contribution in [0.2, 0.25) is 0 Å². The van der Waals surface area contributed by atoms with Gasteiger partial charge in [-0.05, 0) is 13.3 Å². The average molecular weight is 174 g/mol. The maximum atomic E-state index is 9.38. The van der Waals surface area contributed by atoms with E-state index in [1.54, 1.807) is 7.11 Å². The quantitative estimate of drug-likeness (QED) is 0.685. The summed E-state index contributed by atoms with van der Waals surface area (Å²) < 4.78 is 10.6.